The number of carbonyl (C=O) groups excluding carboxylic acids is 1. The number of para-hydroxylation sites is 1. The Balaban J connectivity index is 1.81. The molecule has 0 aromatic heterocycles. The van der Waals surface area contributed by atoms with Gasteiger partial charge >= 0.3 is 5.97 Å². The molecule has 0 atom stereocenters. The van der Waals surface area contributed by atoms with E-state index in [1.807, 2.05) is 74.5 Å². The van der Waals surface area contributed by atoms with Crippen molar-refractivity contribution >= 4 is 5.97 Å². The van der Waals surface area contributed by atoms with Crippen LogP contribution < -0.4 is 4.74 Å². The first-order valence-corrected chi connectivity index (χ1v) is 7.59. The Hall–Kier alpha value is -2.87. The predicted octanol–water partition coefficient (Wildman–Crippen LogP) is 5.19. The van der Waals surface area contributed by atoms with Gasteiger partial charge in [0.15, 0.2) is 0 Å². The number of esters is 1. The lowest BCUT2D eigenvalue weighted by Crippen LogP contribution is -2.10. The third kappa shape index (κ3) is 3.32. The van der Waals surface area contributed by atoms with Crippen LogP contribution in [0.3, 0.4) is 0 Å². The van der Waals surface area contributed by atoms with Crippen LogP contribution in [0.1, 0.15) is 21.5 Å². The van der Waals surface area contributed by atoms with Crippen molar-refractivity contribution in [2.45, 2.75) is 13.8 Å². The largest absolute Gasteiger partial charge is 0.422 e. The van der Waals surface area contributed by atoms with Crippen LogP contribution in [0, 0.1) is 13.8 Å². The normalized spacial score (nSPS) is 10.3. The molecule has 0 aliphatic heterocycles. The molecule has 3 rings (SSSR count). The van der Waals surface area contributed by atoms with Gasteiger partial charge < -0.3 is 4.74 Å². The smallest absolute Gasteiger partial charge is 0.343 e. The van der Waals surface area contributed by atoms with Crippen molar-refractivity contribution in [3.63, 3.8) is 0 Å². The van der Waals surface area contributed by atoms with E-state index in [2.05, 4.69) is 0 Å². The van der Waals surface area contributed by atoms with E-state index in [-0.39, 0.29) is 5.97 Å². The minimum absolute atomic E-state index is 0.331. The summed E-state index contributed by atoms with van der Waals surface area (Å²) in [7, 11) is 0. The minimum atomic E-state index is -0.331. The van der Waals surface area contributed by atoms with Gasteiger partial charge in [0, 0.05) is 0 Å². The summed E-state index contributed by atoms with van der Waals surface area (Å²) < 4.78 is 5.57. The highest BCUT2D eigenvalue weighted by Gasteiger charge is 2.12. The van der Waals surface area contributed by atoms with Gasteiger partial charge in [0.1, 0.15) is 5.75 Å². The quantitative estimate of drug-likeness (QED) is 0.491. The highest BCUT2D eigenvalue weighted by Crippen LogP contribution is 2.24. The van der Waals surface area contributed by atoms with Crippen LogP contribution in [0.15, 0.2) is 72.8 Å². The monoisotopic (exact) mass is 302 g/mol. The van der Waals surface area contributed by atoms with Crippen molar-refractivity contribution < 1.29 is 9.53 Å². The van der Waals surface area contributed by atoms with Gasteiger partial charge in [-0.3, -0.25) is 0 Å². The van der Waals surface area contributed by atoms with E-state index in [4.69, 9.17) is 4.74 Å². The topological polar surface area (TPSA) is 26.3 Å². The lowest BCUT2D eigenvalue weighted by Gasteiger charge is -2.10. The van der Waals surface area contributed by atoms with Crippen molar-refractivity contribution in [2.24, 2.45) is 0 Å². The van der Waals surface area contributed by atoms with Crippen LogP contribution in [-0.4, -0.2) is 5.97 Å². The molecule has 0 heterocycles. The van der Waals surface area contributed by atoms with Crippen LogP contribution in [-0.2, 0) is 0 Å². The van der Waals surface area contributed by atoms with Crippen LogP contribution in [0.25, 0.3) is 11.1 Å². The van der Waals surface area contributed by atoms with E-state index in [1.54, 1.807) is 12.1 Å². The summed E-state index contributed by atoms with van der Waals surface area (Å²) in [4.78, 5) is 12.3. The van der Waals surface area contributed by atoms with E-state index >= 15 is 0 Å². The lowest BCUT2D eigenvalue weighted by atomic mass is 10.0. The molecule has 2 heteroatoms. The average Bonchev–Trinajstić information content (AvgIpc) is 2.59. The standard InChI is InChI=1S/C21H18O2/c1-15-7-6-8-16(2)20(15)23-21(22)19-13-11-18(12-14-19)17-9-4-3-5-10-17/h3-14H,1-2H3. The summed E-state index contributed by atoms with van der Waals surface area (Å²) in [6.45, 7) is 3.88. The molecule has 0 saturated carbocycles. The molecule has 0 amide bonds. The van der Waals surface area contributed by atoms with E-state index in [9.17, 15) is 4.79 Å². The highest BCUT2D eigenvalue weighted by atomic mass is 16.5. The molecule has 0 N–H and O–H groups in total. The third-order valence-electron chi connectivity index (χ3n) is 3.83. The SMILES string of the molecule is Cc1cccc(C)c1OC(=O)c1ccc(-c2ccccc2)cc1. The Morgan fingerprint density at radius 3 is 1.87 bits per heavy atom. The van der Waals surface area contributed by atoms with E-state index in [0.29, 0.717) is 11.3 Å². The van der Waals surface area contributed by atoms with E-state index < -0.39 is 0 Å². The molecule has 0 radical (unpaired) electrons. The molecule has 0 aliphatic rings. The summed E-state index contributed by atoms with van der Waals surface area (Å²) in [5.74, 6) is 0.312. The van der Waals surface area contributed by atoms with Crippen molar-refractivity contribution in [3.05, 3.63) is 89.5 Å². The Labute approximate surface area is 136 Å². The Morgan fingerprint density at radius 1 is 0.696 bits per heavy atom. The minimum Gasteiger partial charge on any atom is -0.422 e. The molecule has 3 aromatic carbocycles. The second-order valence-corrected chi connectivity index (χ2v) is 5.55. The van der Waals surface area contributed by atoms with Gasteiger partial charge in [0.2, 0.25) is 0 Å². The number of hydrogen-bond acceptors (Lipinski definition) is 2. The molecule has 0 bridgehead atoms. The number of aryl methyl sites for hydroxylation is 2. The fourth-order valence-corrected chi connectivity index (χ4v) is 2.54. The molecular weight excluding hydrogens is 284 g/mol. The molecule has 3 aromatic rings. The maximum atomic E-state index is 12.3. The van der Waals surface area contributed by atoms with Crippen LogP contribution in [0.2, 0.25) is 0 Å². The molecule has 0 spiro atoms. The first kappa shape index (κ1) is 15.0. The molecule has 0 fully saturated rings. The molecular formula is C21H18O2. The van der Waals surface area contributed by atoms with Crippen molar-refractivity contribution in [3.8, 4) is 16.9 Å². The molecule has 0 aliphatic carbocycles. The number of benzene rings is 3. The Bertz CT molecular complexity index is 798. The number of carbonyl (C=O) groups is 1. The lowest BCUT2D eigenvalue weighted by molar-refractivity contribution is 0.0732. The maximum absolute atomic E-state index is 12.3. The first-order chi connectivity index (χ1) is 11.1. The molecule has 114 valence electrons. The van der Waals surface area contributed by atoms with E-state index in [1.165, 1.54) is 0 Å². The summed E-state index contributed by atoms with van der Waals surface area (Å²) in [6, 6.07) is 23.4. The van der Waals surface area contributed by atoms with Gasteiger partial charge in [-0.1, -0.05) is 60.7 Å². The summed E-state index contributed by atoms with van der Waals surface area (Å²) in [5, 5.41) is 0. The van der Waals surface area contributed by atoms with Crippen LogP contribution in [0.5, 0.6) is 5.75 Å². The molecule has 0 unspecified atom stereocenters. The van der Waals surface area contributed by atoms with Crippen molar-refractivity contribution in [2.75, 3.05) is 0 Å². The fraction of sp³-hybridized carbons (Fsp3) is 0.0952. The molecule has 0 saturated heterocycles. The second kappa shape index (κ2) is 6.49. The number of hydrogen-bond donors (Lipinski definition) is 0. The molecule has 23 heavy (non-hydrogen) atoms. The summed E-state index contributed by atoms with van der Waals surface area (Å²) >= 11 is 0. The van der Waals surface area contributed by atoms with Crippen molar-refractivity contribution in [1.29, 1.82) is 0 Å². The van der Waals surface area contributed by atoms with Gasteiger partial charge in [-0.15, -0.1) is 0 Å². The fourth-order valence-electron chi connectivity index (χ4n) is 2.54. The molecule has 2 nitrogen and oxygen atoms in total. The van der Waals surface area contributed by atoms with Gasteiger partial charge in [0.05, 0.1) is 5.56 Å². The Kier molecular flexibility index (Phi) is 4.24. The third-order valence-corrected chi connectivity index (χ3v) is 3.83. The van der Waals surface area contributed by atoms with Gasteiger partial charge in [-0.25, -0.2) is 4.79 Å². The van der Waals surface area contributed by atoms with Crippen LogP contribution in [0.4, 0.5) is 0 Å². The maximum Gasteiger partial charge on any atom is 0.343 e. The number of ether oxygens (including phenoxy) is 1. The average molecular weight is 302 g/mol. The van der Waals surface area contributed by atoms with Crippen molar-refractivity contribution in [1.82, 2.24) is 0 Å². The zero-order valence-electron chi connectivity index (χ0n) is 13.2. The van der Waals surface area contributed by atoms with Gasteiger partial charge in [0.25, 0.3) is 0 Å². The highest BCUT2D eigenvalue weighted by molar-refractivity contribution is 5.92. The summed E-state index contributed by atoms with van der Waals surface area (Å²) in [5.41, 5.74) is 4.67. The van der Waals surface area contributed by atoms with Crippen LogP contribution >= 0.6 is 0 Å². The van der Waals surface area contributed by atoms with E-state index in [0.717, 1.165) is 22.3 Å². The van der Waals surface area contributed by atoms with Gasteiger partial charge in [-0.05, 0) is 48.2 Å². The first-order valence-electron chi connectivity index (χ1n) is 7.59. The number of rotatable bonds is 3. The zero-order valence-corrected chi connectivity index (χ0v) is 13.2. The summed E-state index contributed by atoms with van der Waals surface area (Å²) in [6.07, 6.45) is 0. The second-order valence-electron chi connectivity index (χ2n) is 5.55. The predicted molar refractivity (Wildman–Crippen MR) is 92.8 cm³/mol. The zero-order chi connectivity index (χ0) is 16.2. The van der Waals surface area contributed by atoms with Gasteiger partial charge in [-0.2, -0.15) is 0 Å². The Morgan fingerprint density at radius 2 is 1.26 bits per heavy atom.